The summed E-state index contributed by atoms with van der Waals surface area (Å²) in [5, 5.41) is 20.1. The zero-order valence-corrected chi connectivity index (χ0v) is 16.4. The number of nitrogens with zero attached hydrogens (tertiary/aromatic N) is 4. The topological polar surface area (TPSA) is 77.0 Å². The van der Waals surface area contributed by atoms with Crippen LogP contribution >= 0.6 is 11.6 Å². The lowest BCUT2D eigenvalue weighted by atomic mass is 9.85. The Morgan fingerprint density at radius 2 is 1.81 bits per heavy atom. The number of rotatable bonds is 1. The van der Waals surface area contributed by atoms with Crippen LogP contribution in [-0.2, 0) is 5.41 Å². The van der Waals surface area contributed by atoms with Crippen molar-refractivity contribution in [3.63, 3.8) is 0 Å². The van der Waals surface area contributed by atoms with Crippen molar-refractivity contribution in [1.82, 2.24) is 20.0 Å². The molecule has 1 N–H and O–H groups in total. The average molecular weight is 385 g/mol. The Morgan fingerprint density at radius 1 is 1.07 bits per heavy atom. The van der Waals surface area contributed by atoms with Crippen LogP contribution in [0, 0.1) is 6.92 Å². The fourth-order valence-corrected chi connectivity index (χ4v) is 2.82. The van der Waals surface area contributed by atoms with Crippen molar-refractivity contribution in [3.05, 3.63) is 65.3 Å². The van der Waals surface area contributed by atoms with Crippen molar-refractivity contribution in [1.29, 1.82) is 0 Å². The Hall–Kier alpha value is -2.86. The van der Waals surface area contributed by atoms with Gasteiger partial charge in [-0.1, -0.05) is 38.4 Å². The summed E-state index contributed by atoms with van der Waals surface area (Å²) in [4.78, 5) is 5.03. The number of phenolic OH excluding ortho intramolecular Hbond substituents is 1. The molecule has 6 nitrogen and oxygen atoms in total. The second kappa shape index (κ2) is 7.40. The molecule has 0 spiro atoms. The fraction of sp³-hybridized carbons (Fsp3) is 0.250. The molecule has 0 aliphatic rings. The molecule has 7 heteroatoms. The Morgan fingerprint density at radius 3 is 2.41 bits per heavy atom. The summed E-state index contributed by atoms with van der Waals surface area (Å²) in [5.74, 6) is 0.213. The van der Waals surface area contributed by atoms with Crippen LogP contribution in [0.1, 0.15) is 31.9 Å². The van der Waals surface area contributed by atoms with Crippen molar-refractivity contribution in [2.45, 2.75) is 33.1 Å². The van der Waals surface area contributed by atoms with Gasteiger partial charge in [-0.25, -0.2) is 4.98 Å². The van der Waals surface area contributed by atoms with Crippen molar-refractivity contribution in [3.8, 4) is 11.4 Å². The average Bonchev–Trinajstić information content (AvgIpc) is 3.27. The van der Waals surface area contributed by atoms with Crippen LogP contribution in [-0.4, -0.2) is 25.1 Å². The minimum absolute atomic E-state index is 0.166. The maximum Gasteiger partial charge on any atom is 0.180 e. The minimum atomic E-state index is -0.166. The molecule has 0 bridgehead atoms. The lowest BCUT2D eigenvalue weighted by Gasteiger charge is -2.22. The third-order valence-corrected chi connectivity index (χ3v) is 4.18. The van der Waals surface area contributed by atoms with E-state index in [1.54, 1.807) is 18.3 Å². The summed E-state index contributed by atoms with van der Waals surface area (Å²) >= 11 is 5.99. The SMILES string of the molecule is Cc1cc(-n2nc3ccc(Cl)cc3n2)c(O)c(C(C)(C)C)c1.c1cocn1. The lowest BCUT2D eigenvalue weighted by molar-refractivity contribution is 0.440. The molecule has 0 saturated heterocycles. The molecule has 0 amide bonds. The van der Waals surface area contributed by atoms with E-state index in [2.05, 4.69) is 40.4 Å². The zero-order chi connectivity index (χ0) is 19.6. The van der Waals surface area contributed by atoms with Gasteiger partial charge in [0.2, 0.25) is 0 Å². The molecule has 0 unspecified atom stereocenters. The first-order chi connectivity index (χ1) is 12.8. The Bertz CT molecular complexity index is 1030. The van der Waals surface area contributed by atoms with Gasteiger partial charge in [0, 0.05) is 10.6 Å². The number of halogens is 1. The normalized spacial score (nSPS) is 11.3. The molecule has 0 aliphatic carbocycles. The fourth-order valence-electron chi connectivity index (χ4n) is 2.65. The number of aryl methyl sites for hydroxylation is 1. The van der Waals surface area contributed by atoms with E-state index in [0.717, 1.165) is 16.6 Å². The van der Waals surface area contributed by atoms with Crippen LogP contribution in [0.25, 0.3) is 16.7 Å². The first-order valence-electron chi connectivity index (χ1n) is 8.45. The van der Waals surface area contributed by atoms with Gasteiger partial charge in [-0.05, 0) is 42.2 Å². The predicted molar refractivity (Wildman–Crippen MR) is 105 cm³/mol. The molecule has 0 aliphatic heterocycles. The maximum atomic E-state index is 10.7. The Kier molecular flexibility index (Phi) is 5.19. The standard InChI is InChI=1S/C17H18ClN3O.C3H3NO/c1-10-7-12(17(2,3)4)16(22)15(8-10)21-19-13-6-5-11(18)9-14(13)20-21;1-2-5-3-4-1/h5-9,22H,1-4H3;1-3H. The molecule has 0 radical (unpaired) electrons. The molecule has 0 saturated carbocycles. The molecule has 2 aromatic heterocycles. The summed E-state index contributed by atoms with van der Waals surface area (Å²) in [6.45, 7) is 8.20. The number of hydrogen-bond acceptors (Lipinski definition) is 5. The first-order valence-corrected chi connectivity index (χ1v) is 8.83. The molecule has 4 rings (SSSR count). The van der Waals surface area contributed by atoms with Crippen LogP contribution in [0.3, 0.4) is 0 Å². The van der Waals surface area contributed by atoms with Gasteiger partial charge >= 0.3 is 0 Å². The zero-order valence-electron chi connectivity index (χ0n) is 15.6. The monoisotopic (exact) mass is 384 g/mol. The van der Waals surface area contributed by atoms with Gasteiger partial charge in [-0.3, -0.25) is 0 Å². The smallest absolute Gasteiger partial charge is 0.180 e. The van der Waals surface area contributed by atoms with Gasteiger partial charge in [0.1, 0.15) is 28.7 Å². The summed E-state index contributed by atoms with van der Waals surface area (Å²) < 4.78 is 4.47. The van der Waals surface area contributed by atoms with Crippen LogP contribution < -0.4 is 0 Å². The highest BCUT2D eigenvalue weighted by Crippen LogP contribution is 2.36. The predicted octanol–water partition coefficient (Wildman–Crippen LogP) is 5.06. The van der Waals surface area contributed by atoms with Gasteiger partial charge < -0.3 is 9.52 Å². The first kappa shape index (κ1) is 18.9. The van der Waals surface area contributed by atoms with Crippen molar-refractivity contribution in [2.75, 3.05) is 0 Å². The molecular formula is C20H21ClN4O2. The summed E-state index contributed by atoms with van der Waals surface area (Å²) in [5.41, 5.74) is 3.78. The summed E-state index contributed by atoms with van der Waals surface area (Å²) in [7, 11) is 0. The molecule has 2 aromatic carbocycles. The van der Waals surface area contributed by atoms with Crippen molar-refractivity contribution in [2.24, 2.45) is 0 Å². The van der Waals surface area contributed by atoms with E-state index in [1.165, 1.54) is 17.5 Å². The number of fused-ring (bicyclic) bond motifs is 1. The molecule has 0 fully saturated rings. The van der Waals surface area contributed by atoms with E-state index in [-0.39, 0.29) is 11.2 Å². The molecule has 140 valence electrons. The Labute approximate surface area is 162 Å². The number of aromatic nitrogens is 4. The summed E-state index contributed by atoms with van der Waals surface area (Å²) in [6, 6.07) is 9.24. The van der Waals surface area contributed by atoms with Gasteiger partial charge in [0.25, 0.3) is 0 Å². The van der Waals surface area contributed by atoms with Gasteiger partial charge in [0.15, 0.2) is 6.39 Å². The quantitative estimate of drug-likeness (QED) is 0.496. The van der Waals surface area contributed by atoms with E-state index >= 15 is 0 Å². The minimum Gasteiger partial charge on any atom is -0.505 e. The van der Waals surface area contributed by atoms with Crippen LogP contribution in [0.15, 0.2) is 53.6 Å². The Balaban J connectivity index is 0.000000364. The molecule has 4 aromatic rings. The van der Waals surface area contributed by atoms with Gasteiger partial charge in [-0.2, -0.15) is 0 Å². The second-order valence-electron chi connectivity index (χ2n) is 7.23. The van der Waals surface area contributed by atoms with Crippen LogP contribution in [0.2, 0.25) is 5.02 Å². The van der Waals surface area contributed by atoms with E-state index in [4.69, 9.17) is 11.6 Å². The van der Waals surface area contributed by atoms with Gasteiger partial charge in [-0.15, -0.1) is 15.0 Å². The number of hydrogen-bond donors (Lipinski definition) is 1. The number of oxazole rings is 1. The van der Waals surface area contributed by atoms with E-state index in [9.17, 15) is 5.11 Å². The highest BCUT2D eigenvalue weighted by atomic mass is 35.5. The number of phenols is 1. The number of benzene rings is 2. The van der Waals surface area contributed by atoms with E-state index in [1.807, 2.05) is 25.1 Å². The third kappa shape index (κ3) is 4.28. The summed E-state index contributed by atoms with van der Waals surface area (Å²) in [6.07, 6.45) is 4.47. The molecule has 2 heterocycles. The van der Waals surface area contributed by atoms with E-state index in [0.29, 0.717) is 16.2 Å². The molecule has 0 atom stereocenters. The van der Waals surface area contributed by atoms with Gasteiger partial charge in [0.05, 0.1) is 6.20 Å². The number of aromatic hydroxyl groups is 1. The largest absolute Gasteiger partial charge is 0.505 e. The second-order valence-corrected chi connectivity index (χ2v) is 7.66. The van der Waals surface area contributed by atoms with E-state index < -0.39 is 0 Å². The lowest BCUT2D eigenvalue weighted by Crippen LogP contribution is -2.13. The molecular weight excluding hydrogens is 364 g/mol. The van der Waals surface area contributed by atoms with Crippen LogP contribution in [0.5, 0.6) is 5.75 Å². The maximum absolute atomic E-state index is 10.7. The highest BCUT2D eigenvalue weighted by molar-refractivity contribution is 6.31. The third-order valence-electron chi connectivity index (χ3n) is 3.95. The van der Waals surface area contributed by atoms with Crippen molar-refractivity contribution >= 4 is 22.6 Å². The van der Waals surface area contributed by atoms with Crippen molar-refractivity contribution < 1.29 is 9.52 Å². The highest BCUT2D eigenvalue weighted by Gasteiger charge is 2.22. The molecule has 27 heavy (non-hydrogen) atoms. The van der Waals surface area contributed by atoms with Crippen LogP contribution in [0.4, 0.5) is 0 Å².